The number of carbonyl (C=O) groups is 1. The van der Waals surface area contributed by atoms with Gasteiger partial charge in [-0.2, -0.15) is 0 Å². The molecule has 8 heteroatoms. The summed E-state index contributed by atoms with van der Waals surface area (Å²) < 4.78 is 6.88. The molecule has 2 N–H and O–H groups in total. The van der Waals surface area contributed by atoms with Gasteiger partial charge >= 0.3 is 0 Å². The van der Waals surface area contributed by atoms with Crippen molar-refractivity contribution in [2.24, 2.45) is 0 Å². The number of aliphatic hydroxyl groups excluding tert-OH is 1. The molecule has 0 unspecified atom stereocenters. The first-order valence-corrected chi connectivity index (χ1v) is 9.50. The highest BCUT2D eigenvalue weighted by molar-refractivity contribution is 9.11. The third-order valence-electron chi connectivity index (χ3n) is 3.51. The molecule has 0 aliphatic carbocycles. The molecule has 2 aromatic rings. The Balaban J connectivity index is 2.02. The van der Waals surface area contributed by atoms with Crippen LogP contribution in [0, 0.1) is 0 Å². The van der Waals surface area contributed by atoms with Crippen LogP contribution in [0.1, 0.15) is 11.1 Å². The molecule has 2 aromatic carbocycles. The van der Waals surface area contributed by atoms with Crippen molar-refractivity contribution in [1.82, 2.24) is 0 Å². The molecule has 4 nitrogen and oxygen atoms in total. The normalized spacial score (nSPS) is 14.6. The number of rotatable bonds is 4. The Kier molecular flexibility index (Phi) is 5.75. The maximum atomic E-state index is 12.3. The number of aliphatic hydroxyl groups is 1. The second-order valence-corrected chi connectivity index (χ2v) is 7.73. The van der Waals surface area contributed by atoms with Crippen LogP contribution in [0.3, 0.4) is 0 Å². The molecular weight excluding hydrogens is 497 g/mol. The summed E-state index contributed by atoms with van der Waals surface area (Å²) in [5.41, 5.74) is 2.62. The number of carbonyl (C=O) groups excluding carboxylic acids is 1. The lowest BCUT2D eigenvalue weighted by atomic mass is 10.0. The molecular formula is C17H11Br2Cl2NO3. The van der Waals surface area contributed by atoms with Crippen molar-refractivity contribution in [3.63, 3.8) is 0 Å². The zero-order valence-electron chi connectivity index (χ0n) is 12.6. The first kappa shape index (κ1) is 18.7. The van der Waals surface area contributed by atoms with E-state index < -0.39 is 0 Å². The van der Waals surface area contributed by atoms with Gasteiger partial charge in [-0.15, -0.1) is 0 Å². The van der Waals surface area contributed by atoms with Crippen LogP contribution in [0.15, 0.2) is 33.2 Å². The Hall–Kier alpha value is -1.05. The van der Waals surface area contributed by atoms with Gasteiger partial charge in [0.15, 0.2) is 0 Å². The number of ether oxygens (including phenoxy) is 1. The maximum absolute atomic E-state index is 12.3. The van der Waals surface area contributed by atoms with Crippen LogP contribution in [0.2, 0.25) is 10.0 Å². The summed E-state index contributed by atoms with van der Waals surface area (Å²) >= 11 is 19.0. The highest BCUT2D eigenvalue weighted by Crippen LogP contribution is 2.40. The summed E-state index contributed by atoms with van der Waals surface area (Å²) in [4.78, 5) is 12.3. The number of amides is 1. The minimum absolute atomic E-state index is 0.0784. The number of halogens is 4. The van der Waals surface area contributed by atoms with Crippen molar-refractivity contribution in [2.75, 3.05) is 18.5 Å². The number of anilines is 1. The van der Waals surface area contributed by atoms with E-state index in [4.69, 9.17) is 33.0 Å². The van der Waals surface area contributed by atoms with Crippen molar-refractivity contribution in [1.29, 1.82) is 0 Å². The fourth-order valence-electron chi connectivity index (χ4n) is 2.44. The molecule has 25 heavy (non-hydrogen) atoms. The summed E-state index contributed by atoms with van der Waals surface area (Å²) in [5, 5.41) is 12.4. The Morgan fingerprint density at radius 2 is 1.76 bits per heavy atom. The molecule has 1 aliphatic rings. The predicted molar refractivity (Wildman–Crippen MR) is 107 cm³/mol. The Morgan fingerprint density at radius 3 is 2.40 bits per heavy atom. The van der Waals surface area contributed by atoms with Crippen LogP contribution in [-0.4, -0.2) is 24.2 Å². The number of hydrogen-bond donors (Lipinski definition) is 2. The predicted octanol–water partition coefficient (Wildman–Crippen LogP) is 5.38. The van der Waals surface area contributed by atoms with Gasteiger partial charge in [0, 0.05) is 11.1 Å². The second kappa shape index (κ2) is 7.68. The molecule has 1 aliphatic heterocycles. The lowest BCUT2D eigenvalue weighted by molar-refractivity contribution is -0.110. The molecule has 0 bridgehead atoms. The highest BCUT2D eigenvalue weighted by atomic mass is 79.9. The quantitative estimate of drug-likeness (QED) is 0.546. The van der Waals surface area contributed by atoms with Gasteiger partial charge in [-0.25, -0.2) is 0 Å². The Morgan fingerprint density at radius 1 is 1.12 bits per heavy atom. The second-order valence-electron chi connectivity index (χ2n) is 5.21. The van der Waals surface area contributed by atoms with Crippen LogP contribution in [0.25, 0.3) is 11.6 Å². The van der Waals surface area contributed by atoms with E-state index in [1.807, 2.05) is 12.1 Å². The lowest BCUT2D eigenvalue weighted by Gasteiger charge is -2.10. The fourth-order valence-corrected chi connectivity index (χ4v) is 4.22. The summed E-state index contributed by atoms with van der Waals surface area (Å²) in [6, 6.07) is 6.96. The summed E-state index contributed by atoms with van der Waals surface area (Å²) in [6.07, 6.45) is 1.76. The van der Waals surface area contributed by atoms with Crippen LogP contribution in [-0.2, 0) is 4.79 Å². The van der Waals surface area contributed by atoms with Crippen molar-refractivity contribution >= 4 is 78.3 Å². The summed E-state index contributed by atoms with van der Waals surface area (Å²) in [6.45, 7) is 0.109. The molecule has 1 heterocycles. The van der Waals surface area contributed by atoms with Gasteiger partial charge in [0.1, 0.15) is 12.4 Å². The van der Waals surface area contributed by atoms with E-state index in [9.17, 15) is 4.79 Å². The molecule has 0 fully saturated rings. The van der Waals surface area contributed by atoms with E-state index in [1.54, 1.807) is 18.2 Å². The molecule has 0 saturated carbocycles. The number of nitrogens with one attached hydrogen (secondary N) is 1. The number of fused-ring (bicyclic) bond motifs is 1. The molecule has 3 rings (SSSR count). The minimum Gasteiger partial charge on any atom is -0.489 e. The molecule has 0 saturated heterocycles. The molecule has 0 aromatic heterocycles. The van der Waals surface area contributed by atoms with E-state index in [0.717, 1.165) is 5.56 Å². The van der Waals surface area contributed by atoms with Crippen LogP contribution in [0.4, 0.5) is 5.69 Å². The smallest absolute Gasteiger partial charge is 0.256 e. The van der Waals surface area contributed by atoms with E-state index in [2.05, 4.69) is 37.2 Å². The molecule has 1 amide bonds. The lowest BCUT2D eigenvalue weighted by Crippen LogP contribution is -2.04. The van der Waals surface area contributed by atoms with Crippen molar-refractivity contribution in [3.05, 3.63) is 54.4 Å². The minimum atomic E-state index is -0.221. The highest BCUT2D eigenvalue weighted by Gasteiger charge is 2.25. The van der Waals surface area contributed by atoms with E-state index in [1.165, 1.54) is 0 Å². The van der Waals surface area contributed by atoms with Crippen LogP contribution in [0.5, 0.6) is 5.75 Å². The molecule has 0 radical (unpaired) electrons. The van der Waals surface area contributed by atoms with Gasteiger partial charge in [0.2, 0.25) is 0 Å². The third kappa shape index (κ3) is 3.88. The van der Waals surface area contributed by atoms with Crippen molar-refractivity contribution in [3.8, 4) is 5.75 Å². The molecule has 0 atom stereocenters. The number of hydrogen-bond acceptors (Lipinski definition) is 3. The molecule has 130 valence electrons. The van der Waals surface area contributed by atoms with Crippen LogP contribution < -0.4 is 10.1 Å². The zero-order chi connectivity index (χ0) is 18.1. The molecule has 0 spiro atoms. The first-order chi connectivity index (χ1) is 11.9. The van der Waals surface area contributed by atoms with Gasteiger partial charge in [-0.3, -0.25) is 4.79 Å². The summed E-state index contributed by atoms with van der Waals surface area (Å²) in [7, 11) is 0. The van der Waals surface area contributed by atoms with E-state index in [0.29, 0.717) is 41.6 Å². The van der Waals surface area contributed by atoms with Gasteiger partial charge in [-0.1, -0.05) is 23.2 Å². The van der Waals surface area contributed by atoms with E-state index >= 15 is 0 Å². The summed E-state index contributed by atoms with van der Waals surface area (Å²) in [5.74, 6) is 0.364. The largest absolute Gasteiger partial charge is 0.489 e. The average Bonchev–Trinajstić information content (AvgIpc) is 2.83. The fraction of sp³-hybridized carbons (Fsp3) is 0.118. The van der Waals surface area contributed by atoms with Crippen molar-refractivity contribution < 1.29 is 14.6 Å². The van der Waals surface area contributed by atoms with Gasteiger partial charge in [0.05, 0.1) is 31.3 Å². The zero-order valence-corrected chi connectivity index (χ0v) is 17.3. The number of benzene rings is 2. The van der Waals surface area contributed by atoms with Crippen molar-refractivity contribution in [2.45, 2.75) is 0 Å². The standard InChI is InChI=1S/C17H11Br2Cl2NO3/c18-11-4-8(5-12(19)16(11)25-2-1-23)3-10-9-6-13(20)14(21)7-15(9)22-17(10)24/h3-7,23H,1-2H2,(H,22,24). The van der Waals surface area contributed by atoms with Crippen LogP contribution >= 0.6 is 55.1 Å². The third-order valence-corrected chi connectivity index (χ3v) is 5.41. The van der Waals surface area contributed by atoms with Gasteiger partial charge in [0.25, 0.3) is 5.91 Å². The maximum Gasteiger partial charge on any atom is 0.256 e. The van der Waals surface area contributed by atoms with E-state index in [-0.39, 0.29) is 19.1 Å². The van der Waals surface area contributed by atoms with Gasteiger partial charge in [-0.05, 0) is 67.8 Å². The monoisotopic (exact) mass is 505 g/mol. The Bertz CT molecular complexity index is 877. The average molecular weight is 508 g/mol. The first-order valence-electron chi connectivity index (χ1n) is 7.16. The SMILES string of the molecule is O=C1Nc2cc(Cl)c(Cl)cc2C1=Cc1cc(Br)c(OCCO)c(Br)c1. The van der Waals surface area contributed by atoms with Gasteiger partial charge < -0.3 is 15.2 Å². The topological polar surface area (TPSA) is 58.6 Å². The Labute approximate surface area is 171 Å².